The van der Waals surface area contributed by atoms with E-state index in [1.54, 1.807) is 10.8 Å². The van der Waals surface area contributed by atoms with E-state index >= 15 is 0 Å². The van der Waals surface area contributed by atoms with Gasteiger partial charge in [0.1, 0.15) is 5.65 Å². The van der Waals surface area contributed by atoms with Crippen molar-refractivity contribution in [1.29, 1.82) is 0 Å². The molecule has 5 nitrogen and oxygen atoms in total. The molecule has 0 radical (unpaired) electrons. The van der Waals surface area contributed by atoms with E-state index in [0.29, 0.717) is 29.6 Å². The lowest BCUT2D eigenvalue weighted by Gasteiger charge is -2.17. The van der Waals surface area contributed by atoms with Crippen LogP contribution in [0.2, 0.25) is 0 Å². The highest BCUT2D eigenvalue weighted by Gasteiger charge is 2.20. The second-order valence-electron chi connectivity index (χ2n) is 8.42. The smallest absolute Gasteiger partial charge is 0.260 e. The Hall–Kier alpha value is -3.99. The first-order valence-electron chi connectivity index (χ1n) is 11.3. The summed E-state index contributed by atoms with van der Waals surface area (Å²) in [5, 5.41) is 4.05. The van der Waals surface area contributed by atoms with Crippen LogP contribution in [0.3, 0.4) is 0 Å². The maximum absolute atomic E-state index is 13.7. The van der Waals surface area contributed by atoms with Crippen LogP contribution in [0.4, 0.5) is 11.6 Å². The van der Waals surface area contributed by atoms with Crippen LogP contribution in [-0.2, 0) is 6.54 Å². The summed E-state index contributed by atoms with van der Waals surface area (Å²) in [6.07, 6.45) is 8.20. The van der Waals surface area contributed by atoms with Crippen LogP contribution in [0.1, 0.15) is 25.0 Å². The van der Waals surface area contributed by atoms with E-state index in [1.165, 1.54) is 11.1 Å². The lowest BCUT2D eigenvalue weighted by atomic mass is 9.89. The lowest BCUT2D eigenvalue weighted by molar-refractivity contribution is 0.750. The summed E-state index contributed by atoms with van der Waals surface area (Å²) < 4.78 is 1.73. The highest BCUT2D eigenvalue weighted by molar-refractivity contribution is 5.88. The fourth-order valence-corrected chi connectivity index (χ4v) is 4.40. The number of benzene rings is 2. The minimum atomic E-state index is -0.0429. The highest BCUT2D eigenvalue weighted by atomic mass is 16.1. The Morgan fingerprint density at radius 2 is 1.85 bits per heavy atom. The van der Waals surface area contributed by atoms with Crippen LogP contribution in [-0.4, -0.2) is 14.5 Å². The van der Waals surface area contributed by atoms with Crippen LogP contribution in [0.15, 0.2) is 83.8 Å². The molecule has 0 amide bonds. The van der Waals surface area contributed by atoms with Crippen LogP contribution in [0, 0.1) is 12.8 Å². The topological polar surface area (TPSA) is 59.8 Å². The summed E-state index contributed by atoms with van der Waals surface area (Å²) in [6.45, 7) is 6.76. The molecule has 2 heterocycles. The minimum Gasteiger partial charge on any atom is -0.324 e. The third kappa shape index (κ3) is 3.87. The third-order valence-corrected chi connectivity index (χ3v) is 6.12. The Labute approximate surface area is 193 Å². The first-order chi connectivity index (χ1) is 16.0. The van der Waals surface area contributed by atoms with Gasteiger partial charge in [-0.25, -0.2) is 4.98 Å². The van der Waals surface area contributed by atoms with Crippen molar-refractivity contribution in [3.63, 3.8) is 0 Å². The van der Waals surface area contributed by atoms with E-state index < -0.39 is 0 Å². The Morgan fingerprint density at radius 1 is 1.03 bits per heavy atom. The lowest BCUT2D eigenvalue weighted by Crippen LogP contribution is -2.23. The number of nitrogens with zero attached hydrogens (tertiary/aromatic N) is 3. The Kier molecular flexibility index (Phi) is 5.38. The number of hydrogen-bond donors (Lipinski definition) is 1. The molecule has 0 spiro atoms. The SMILES string of the molecule is CCn1c(=O)c(-c2ccc(C)cc2C2=CC=CC2C)cc2cnc(Nc3ccccc3)nc21. The summed E-state index contributed by atoms with van der Waals surface area (Å²) in [5.74, 6) is 0.782. The average Bonchev–Trinajstić information content (AvgIpc) is 3.25. The molecule has 1 atom stereocenters. The van der Waals surface area contributed by atoms with Gasteiger partial charge in [-0.2, -0.15) is 4.98 Å². The van der Waals surface area contributed by atoms with Crippen molar-refractivity contribution in [3.8, 4) is 11.1 Å². The van der Waals surface area contributed by atoms with E-state index in [1.807, 2.05) is 43.3 Å². The second-order valence-corrected chi connectivity index (χ2v) is 8.42. The normalized spacial score (nSPS) is 15.1. The molecule has 2 aromatic heterocycles. The van der Waals surface area contributed by atoms with Gasteiger partial charge in [0.2, 0.25) is 5.95 Å². The van der Waals surface area contributed by atoms with Gasteiger partial charge in [-0.15, -0.1) is 0 Å². The number of fused-ring (bicyclic) bond motifs is 1. The monoisotopic (exact) mass is 434 g/mol. The number of rotatable bonds is 5. The van der Waals surface area contributed by atoms with Gasteiger partial charge in [0.25, 0.3) is 5.56 Å². The van der Waals surface area contributed by atoms with Gasteiger partial charge in [0, 0.05) is 29.4 Å². The summed E-state index contributed by atoms with van der Waals surface area (Å²) in [4.78, 5) is 22.9. The Morgan fingerprint density at radius 3 is 2.58 bits per heavy atom. The molecule has 0 saturated heterocycles. The molecule has 2 aromatic carbocycles. The third-order valence-electron chi connectivity index (χ3n) is 6.12. The quantitative estimate of drug-likeness (QED) is 0.411. The van der Waals surface area contributed by atoms with Crippen LogP contribution < -0.4 is 10.9 Å². The number of aromatic nitrogens is 3. The standard InChI is InChI=1S/C28H26N4O/c1-4-32-26-20(17-29-28(31-26)30-21-10-6-5-7-11-21)16-25(27(32)33)23-14-13-18(2)15-24(23)22-12-8-9-19(22)3/h5-17,19H,4H2,1-3H3,(H,29,30,31). The molecule has 0 bridgehead atoms. The number of anilines is 2. The number of allylic oxidation sites excluding steroid dienone is 4. The largest absolute Gasteiger partial charge is 0.324 e. The van der Waals surface area contributed by atoms with Crippen molar-refractivity contribution < 1.29 is 0 Å². The number of pyridine rings is 1. The maximum Gasteiger partial charge on any atom is 0.260 e. The molecule has 164 valence electrons. The van der Waals surface area contributed by atoms with Crippen LogP contribution in [0.25, 0.3) is 27.7 Å². The molecule has 1 aliphatic rings. The Bertz CT molecular complexity index is 1470. The number of aryl methyl sites for hydroxylation is 2. The van der Waals surface area contributed by atoms with Gasteiger partial charge < -0.3 is 5.32 Å². The fourth-order valence-electron chi connectivity index (χ4n) is 4.40. The van der Waals surface area contributed by atoms with Crippen LogP contribution in [0.5, 0.6) is 0 Å². The average molecular weight is 435 g/mol. The molecular formula is C28H26N4O. The molecule has 0 fully saturated rings. The first kappa shape index (κ1) is 20.9. The second kappa shape index (κ2) is 8.51. The fraction of sp³-hybridized carbons (Fsp3) is 0.179. The zero-order chi connectivity index (χ0) is 22.9. The highest BCUT2D eigenvalue weighted by Crippen LogP contribution is 2.36. The molecular weight excluding hydrogens is 408 g/mol. The van der Waals surface area contributed by atoms with Gasteiger partial charge in [0.05, 0.1) is 0 Å². The number of hydrogen-bond acceptors (Lipinski definition) is 4. The molecule has 1 unspecified atom stereocenters. The maximum atomic E-state index is 13.7. The molecule has 1 aliphatic carbocycles. The van der Waals surface area contributed by atoms with Crippen molar-refractivity contribution >= 4 is 28.2 Å². The van der Waals surface area contributed by atoms with Crippen molar-refractivity contribution in [2.24, 2.45) is 5.92 Å². The zero-order valence-electron chi connectivity index (χ0n) is 19.0. The molecule has 5 rings (SSSR count). The molecule has 4 aromatic rings. The van der Waals surface area contributed by atoms with Crippen molar-refractivity contribution in [1.82, 2.24) is 14.5 Å². The van der Waals surface area contributed by atoms with Crippen molar-refractivity contribution in [3.05, 3.63) is 101 Å². The number of nitrogens with one attached hydrogen (secondary N) is 1. The summed E-state index contributed by atoms with van der Waals surface area (Å²) in [5.41, 5.74) is 6.61. The molecule has 5 heteroatoms. The zero-order valence-corrected chi connectivity index (χ0v) is 19.0. The minimum absolute atomic E-state index is 0.0429. The molecule has 1 N–H and O–H groups in total. The van der Waals surface area contributed by atoms with E-state index in [0.717, 1.165) is 22.2 Å². The van der Waals surface area contributed by atoms with Gasteiger partial charge in [-0.1, -0.05) is 67.1 Å². The van der Waals surface area contributed by atoms with Gasteiger partial charge in [0.15, 0.2) is 0 Å². The van der Waals surface area contributed by atoms with E-state index in [9.17, 15) is 4.79 Å². The molecule has 33 heavy (non-hydrogen) atoms. The summed E-state index contributed by atoms with van der Waals surface area (Å²) in [7, 11) is 0. The predicted octanol–water partition coefficient (Wildman–Crippen LogP) is 6.12. The van der Waals surface area contributed by atoms with E-state index in [-0.39, 0.29) is 5.56 Å². The van der Waals surface area contributed by atoms with E-state index in [2.05, 4.69) is 65.6 Å². The van der Waals surface area contributed by atoms with Gasteiger partial charge >= 0.3 is 0 Å². The Balaban J connectivity index is 1.66. The van der Waals surface area contributed by atoms with Crippen LogP contribution >= 0.6 is 0 Å². The molecule has 0 aliphatic heterocycles. The summed E-state index contributed by atoms with van der Waals surface area (Å²) >= 11 is 0. The van der Waals surface area contributed by atoms with Crippen molar-refractivity contribution in [2.75, 3.05) is 5.32 Å². The van der Waals surface area contributed by atoms with Crippen molar-refractivity contribution in [2.45, 2.75) is 27.3 Å². The van der Waals surface area contributed by atoms with E-state index in [4.69, 9.17) is 0 Å². The first-order valence-corrected chi connectivity index (χ1v) is 11.3. The van der Waals surface area contributed by atoms with Gasteiger partial charge in [-0.3, -0.25) is 9.36 Å². The predicted molar refractivity (Wildman–Crippen MR) is 136 cm³/mol. The number of para-hydroxylation sites is 1. The molecule has 0 saturated carbocycles. The summed E-state index contributed by atoms with van der Waals surface area (Å²) in [6, 6.07) is 18.0. The van der Waals surface area contributed by atoms with Gasteiger partial charge in [-0.05, 0) is 54.7 Å².